The average molecular weight is 289 g/mol. The number of nitrogens with zero attached hydrogens (tertiary/aromatic N) is 3. The highest BCUT2D eigenvalue weighted by Gasteiger charge is 2.29. The maximum absolute atomic E-state index is 4.17. The molecule has 0 amide bonds. The summed E-state index contributed by atoms with van der Waals surface area (Å²) < 4.78 is 0. The minimum Gasteiger partial charge on any atom is -0.321 e. The van der Waals surface area contributed by atoms with E-state index in [1.165, 1.54) is 15.5 Å². The molecule has 19 heavy (non-hydrogen) atoms. The van der Waals surface area contributed by atoms with Crippen molar-refractivity contribution in [2.75, 3.05) is 19.0 Å². The van der Waals surface area contributed by atoms with E-state index in [2.05, 4.69) is 59.3 Å². The minimum atomic E-state index is 0.291. The van der Waals surface area contributed by atoms with E-state index < -0.39 is 0 Å². The predicted octanol–water partition coefficient (Wildman–Crippen LogP) is 3.54. The summed E-state index contributed by atoms with van der Waals surface area (Å²) in [7, 11) is 4.22. The summed E-state index contributed by atoms with van der Waals surface area (Å²) in [6.07, 6.45) is 4.16. The fraction of sp³-hybridized carbons (Fsp3) is 0.214. The predicted molar refractivity (Wildman–Crippen MR) is 84.1 cm³/mol. The molecule has 3 rings (SSSR count). The molecule has 5 heteroatoms. The van der Waals surface area contributed by atoms with Gasteiger partial charge in [0.25, 0.3) is 0 Å². The molecule has 0 saturated heterocycles. The third-order valence-electron chi connectivity index (χ3n) is 2.90. The number of rotatable bonds is 3. The van der Waals surface area contributed by atoms with Gasteiger partial charge in [-0.3, -0.25) is 9.88 Å². The van der Waals surface area contributed by atoms with Crippen LogP contribution in [0, 0.1) is 0 Å². The highest BCUT2D eigenvalue weighted by molar-refractivity contribution is 8.09. The van der Waals surface area contributed by atoms with E-state index in [-0.39, 0.29) is 0 Å². The molecule has 0 spiro atoms. The van der Waals surface area contributed by atoms with Crippen molar-refractivity contribution in [3.8, 4) is 0 Å². The Kier molecular flexibility index (Phi) is 3.59. The second kappa shape index (κ2) is 5.36. The van der Waals surface area contributed by atoms with Gasteiger partial charge < -0.3 is 4.90 Å². The van der Waals surface area contributed by atoms with Crippen LogP contribution < -0.4 is 4.90 Å². The molecule has 2 aromatic rings. The van der Waals surface area contributed by atoms with Crippen molar-refractivity contribution in [2.24, 2.45) is 0 Å². The van der Waals surface area contributed by atoms with E-state index in [0.29, 0.717) is 5.50 Å². The smallest absolute Gasteiger partial charge is 0.138 e. The van der Waals surface area contributed by atoms with Crippen LogP contribution in [0.3, 0.4) is 0 Å². The van der Waals surface area contributed by atoms with Crippen LogP contribution in [0.5, 0.6) is 0 Å². The first-order chi connectivity index (χ1) is 9.25. The molecular formula is C14H15N3S2. The van der Waals surface area contributed by atoms with Gasteiger partial charge in [0.15, 0.2) is 0 Å². The lowest BCUT2D eigenvalue weighted by Crippen LogP contribution is -2.36. The monoisotopic (exact) mass is 289 g/mol. The minimum absolute atomic E-state index is 0.291. The zero-order valence-corrected chi connectivity index (χ0v) is 12.5. The van der Waals surface area contributed by atoms with Gasteiger partial charge in [0, 0.05) is 23.0 Å². The fourth-order valence-electron chi connectivity index (χ4n) is 2.01. The zero-order valence-electron chi connectivity index (χ0n) is 10.9. The molecule has 1 aromatic carbocycles. The first-order valence-electron chi connectivity index (χ1n) is 6.03. The van der Waals surface area contributed by atoms with Crippen LogP contribution in [0.25, 0.3) is 4.91 Å². The molecule has 1 atom stereocenters. The van der Waals surface area contributed by atoms with E-state index in [9.17, 15) is 0 Å². The summed E-state index contributed by atoms with van der Waals surface area (Å²) >= 11 is 3.55. The number of aromatic nitrogens is 1. The van der Waals surface area contributed by atoms with Crippen LogP contribution in [-0.2, 0) is 0 Å². The molecule has 3 nitrogen and oxygen atoms in total. The van der Waals surface area contributed by atoms with Crippen LogP contribution in [0.1, 0.15) is 4.88 Å². The quantitative estimate of drug-likeness (QED) is 0.860. The Morgan fingerprint density at radius 3 is 2.63 bits per heavy atom. The SMILES string of the molecule is CN(C)C1SC(c2cncs2)=CN1c1ccccc1. The number of para-hydroxylation sites is 1. The molecule has 0 saturated carbocycles. The van der Waals surface area contributed by atoms with Gasteiger partial charge in [0.1, 0.15) is 5.50 Å². The Labute approximate surface area is 121 Å². The summed E-state index contributed by atoms with van der Waals surface area (Å²) in [4.78, 5) is 11.2. The van der Waals surface area contributed by atoms with Gasteiger partial charge in [0.2, 0.25) is 0 Å². The van der Waals surface area contributed by atoms with Crippen molar-refractivity contribution in [3.63, 3.8) is 0 Å². The molecule has 98 valence electrons. The Bertz CT molecular complexity index is 564. The number of hydrogen-bond acceptors (Lipinski definition) is 5. The Balaban J connectivity index is 1.95. The maximum Gasteiger partial charge on any atom is 0.138 e. The van der Waals surface area contributed by atoms with Gasteiger partial charge in [-0.05, 0) is 26.2 Å². The number of thioether (sulfide) groups is 1. The zero-order chi connectivity index (χ0) is 13.2. The molecule has 0 bridgehead atoms. The lowest BCUT2D eigenvalue weighted by atomic mass is 10.3. The van der Waals surface area contributed by atoms with Crippen molar-refractivity contribution in [2.45, 2.75) is 5.50 Å². The van der Waals surface area contributed by atoms with Gasteiger partial charge in [-0.2, -0.15) is 0 Å². The lowest BCUT2D eigenvalue weighted by Gasteiger charge is -2.29. The summed E-state index contributed by atoms with van der Waals surface area (Å²) in [6.45, 7) is 0. The molecule has 0 N–H and O–H groups in total. The largest absolute Gasteiger partial charge is 0.321 e. The average Bonchev–Trinajstić information content (AvgIpc) is 3.08. The van der Waals surface area contributed by atoms with Gasteiger partial charge in [-0.1, -0.05) is 30.0 Å². The van der Waals surface area contributed by atoms with Gasteiger partial charge in [-0.25, -0.2) is 0 Å². The molecule has 0 aliphatic carbocycles. The standard InChI is InChI=1S/C14H15N3S2/c1-16(2)14-17(11-6-4-3-5-7-11)9-13(19-14)12-8-15-10-18-12/h3-10,14H,1-2H3. The summed E-state index contributed by atoms with van der Waals surface area (Å²) in [5.74, 6) is 0. The summed E-state index contributed by atoms with van der Waals surface area (Å²) in [5.41, 5.74) is 3.39. The van der Waals surface area contributed by atoms with Crippen molar-refractivity contribution in [1.82, 2.24) is 9.88 Å². The van der Waals surface area contributed by atoms with Crippen molar-refractivity contribution in [3.05, 3.63) is 53.1 Å². The Morgan fingerprint density at radius 2 is 2.00 bits per heavy atom. The Hall–Kier alpha value is -1.30. The molecule has 2 heterocycles. The molecule has 1 unspecified atom stereocenters. The third-order valence-corrected chi connectivity index (χ3v) is 5.27. The highest BCUT2D eigenvalue weighted by Crippen LogP contribution is 2.43. The van der Waals surface area contributed by atoms with E-state index in [4.69, 9.17) is 0 Å². The van der Waals surface area contributed by atoms with Crippen LogP contribution in [0.2, 0.25) is 0 Å². The number of anilines is 1. The molecule has 1 aromatic heterocycles. The first-order valence-corrected chi connectivity index (χ1v) is 7.79. The number of hydrogen-bond donors (Lipinski definition) is 0. The van der Waals surface area contributed by atoms with Gasteiger partial charge in [0.05, 0.1) is 10.4 Å². The number of thiazole rings is 1. The van der Waals surface area contributed by atoms with Crippen molar-refractivity contribution >= 4 is 33.7 Å². The van der Waals surface area contributed by atoms with E-state index in [1.807, 2.05) is 29.5 Å². The van der Waals surface area contributed by atoms with Gasteiger partial charge >= 0.3 is 0 Å². The van der Waals surface area contributed by atoms with E-state index in [0.717, 1.165) is 0 Å². The second-order valence-corrected chi connectivity index (χ2v) is 6.49. The van der Waals surface area contributed by atoms with Gasteiger partial charge in [-0.15, -0.1) is 11.3 Å². The second-order valence-electron chi connectivity index (χ2n) is 4.51. The van der Waals surface area contributed by atoms with Crippen LogP contribution in [0.15, 0.2) is 48.2 Å². The molecule has 1 aliphatic heterocycles. The van der Waals surface area contributed by atoms with Crippen molar-refractivity contribution < 1.29 is 0 Å². The third kappa shape index (κ3) is 2.54. The Morgan fingerprint density at radius 1 is 1.21 bits per heavy atom. The van der Waals surface area contributed by atoms with E-state index >= 15 is 0 Å². The molecular weight excluding hydrogens is 274 g/mol. The number of benzene rings is 1. The topological polar surface area (TPSA) is 19.4 Å². The fourth-order valence-corrected chi connectivity index (χ4v) is 3.90. The lowest BCUT2D eigenvalue weighted by molar-refractivity contribution is 0.388. The van der Waals surface area contributed by atoms with Crippen LogP contribution >= 0.6 is 23.1 Å². The van der Waals surface area contributed by atoms with Crippen LogP contribution in [-0.4, -0.2) is 29.5 Å². The summed E-state index contributed by atoms with van der Waals surface area (Å²) in [6, 6.07) is 10.5. The normalized spacial score (nSPS) is 19.0. The summed E-state index contributed by atoms with van der Waals surface area (Å²) in [5, 5.41) is 0. The van der Waals surface area contributed by atoms with Crippen LogP contribution in [0.4, 0.5) is 5.69 Å². The van der Waals surface area contributed by atoms with Crippen molar-refractivity contribution in [1.29, 1.82) is 0 Å². The maximum atomic E-state index is 4.17. The first kappa shape index (κ1) is 12.7. The molecule has 1 aliphatic rings. The van der Waals surface area contributed by atoms with E-state index in [1.54, 1.807) is 11.3 Å². The highest BCUT2D eigenvalue weighted by atomic mass is 32.2. The molecule has 0 radical (unpaired) electrons. The molecule has 0 fully saturated rings.